The summed E-state index contributed by atoms with van der Waals surface area (Å²) in [6.45, 7) is 10.0. The first kappa shape index (κ1) is 22.0. The van der Waals surface area contributed by atoms with Gasteiger partial charge in [0.1, 0.15) is 0 Å². The molecule has 1 saturated heterocycles. The topological polar surface area (TPSA) is 64.7 Å². The van der Waals surface area contributed by atoms with E-state index in [1.807, 2.05) is 69.3 Å². The van der Waals surface area contributed by atoms with Crippen LogP contribution in [-0.4, -0.2) is 60.4 Å². The highest BCUT2D eigenvalue weighted by Gasteiger charge is 2.26. The Balaban J connectivity index is 1.42. The van der Waals surface area contributed by atoms with E-state index in [0.29, 0.717) is 13.1 Å². The van der Waals surface area contributed by atoms with Gasteiger partial charge in [0.15, 0.2) is 0 Å². The number of amides is 2. The maximum Gasteiger partial charge on any atom is 0.238 e. The minimum Gasteiger partial charge on any atom is -0.351 e. The van der Waals surface area contributed by atoms with Crippen LogP contribution in [0.25, 0.3) is 0 Å². The first-order chi connectivity index (χ1) is 14.4. The van der Waals surface area contributed by atoms with E-state index in [0.717, 1.165) is 43.0 Å². The summed E-state index contributed by atoms with van der Waals surface area (Å²) >= 11 is 0. The van der Waals surface area contributed by atoms with E-state index >= 15 is 0 Å². The van der Waals surface area contributed by atoms with E-state index in [1.54, 1.807) is 0 Å². The predicted octanol–water partition coefficient (Wildman–Crippen LogP) is 2.56. The van der Waals surface area contributed by atoms with Gasteiger partial charge in [-0.25, -0.2) is 0 Å². The number of nitrogens with zero attached hydrogens (tertiary/aromatic N) is 2. The molecule has 1 aliphatic heterocycles. The Kier molecular flexibility index (Phi) is 7.60. The number of carbonyl (C=O) groups excluding carboxylic acids is 2. The van der Waals surface area contributed by atoms with Crippen molar-refractivity contribution in [1.29, 1.82) is 0 Å². The van der Waals surface area contributed by atoms with E-state index in [9.17, 15) is 9.59 Å². The van der Waals surface area contributed by atoms with Crippen LogP contribution in [-0.2, 0) is 16.1 Å². The molecule has 0 radical (unpaired) electrons. The largest absolute Gasteiger partial charge is 0.351 e. The van der Waals surface area contributed by atoms with Crippen LogP contribution in [0.5, 0.6) is 0 Å². The van der Waals surface area contributed by atoms with Gasteiger partial charge in [-0.1, -0.05) is 42.5 Å². The third-order valence-electron chi connectivity index (χ3n) is 5.89. The van der Waals surface area contributed by atoms with E-state index < -0.39 is 0 Å². The number of hydrogen-bond donors (Lipinski definition) is 2. The minimum absolute atomic E-state index is 0.00537. The molecule has 1 fully saturated rings. The normalized spacial score (nSPS) is 16.1. The molecule has 0 spiro atoms. The second-order valence-corrected chi connectivity index (χ2v) is 7.99. The molecule has 0 bridgehead atoms. The Bertz CT molecular complexity index is 861. The van der Waals surface area contributed by atoms with Crippen LogP contribution >= 0.6 is 0 Å². The quantitative estimate of drug-likeness (QED) is 0.739. The lowest BCUT2D eigenvalue weighted by atomic mass is 10.1. The molecule has 0 aromatic heterocycles. The Labute approximate surface area is 179 Å². The molecular weight excluding hydrogens is 376 g/mol. The number of anilines is 1. The summed E-state index contributed by atoms with van der Waals surface area (Å²) in [6, 6.07) is 15.7. The van der Waals surface area contributed by atoms with E-state index in [2.05, 4.69) is 20.4 Å². The van der Waals surface area contributed by atoms with Gasteiger partial charge in [0.2, 0.25) is 11.8 Å². The summed E-state index contributed by atoms with van der Waals surface area (Å²) in [7, 11) is 0. The van der Waals surface area contributed by atoms with Gasteiger partial charge in [-0.3, -0.25) is 19.4 Å². The fourth-order valence-electron chi connectivity index (χ4n) is 3.69. The van der Waals surface area contributed by atoms with E-state index in [-0.39, 0.29) is 17.9 Å². The molecule has 0 unspecified atom stereocenters. The van der Waals surface area contributed by atoms with Crippen LogP contribution in [0.15, 0.2) is 48.5 Å². The van der Waals surface area contributed by atoms with Gasteiger partial charge >= 0.3 is 0 Å². The molecule has 160 valence electrons. The van der Waals surface area contributed by atoms with Crippen molar-refractivity contribution in [3.63, 3.8) is 0 Å². The Morgan fingerprint density at radius 2 is 1.67 bits per heavy atom. The number of rotatable bonds is 7. The molecule has 30 heavy (non-hydrogen) atoms. The standard InChI is InChI=1S/C24H32N4O2/c1-18-8-7-11-22(19(18)2)26-23(29)17-27-12-14-28(15-13-27)20(3)24(30)25-16-21-9-5-4-6-10-21/h4-11,20H,12-17H2,1-3H3,(H,25,30)(H,26,29)/t20-/m0/s1. The zero-order valence-electron chi connectivity index (χ0n) is 18.1. The summed E-state index contributed by atoms with van der Waals surface area (Å²) in [6.07, 6.45) is 0. The van der Waals surface area contributed by atoms with Gasteiger partial charge in [-0.05, 0) is 43.5 Å². The fraction of sp³-hybridized carbons (Fsp3) is 0.417. The second-order valence-electron chi connectivity index (χ2n) is 7.99. The van der Waals surface area contributed by atoms with Gasteiger partial charge in [0.25, 0.3) is 0 Å². The summed E-state index contributed by atoms with van der Waals surface area (Å²) in [4.78, 5) is 29.3. The molecule has 0 aliphatic carbocycles. The van der Waals surface area contributed by atoms with Gasteiger partial charge in [-0.15, -0.1) is 0 Å². The van der Waals surface area contributed by atoms with E-state index in [4.69, 9.17) is 0 Å². The van der Waals surface area contributed by atoms with Crippen molar-refractivity contribution >= 4 is 17.5 Å². The number of carbonyl (C=O) groups is 2. The van der Waals surface area contributed by atoms with Gasteiger partial charge in [0, 0.05) is 38.4 Å². The third-order valence-corrected chi connectivity index (χ3v) is 5.89. The van der Waals surface area contributed by atoms with Crippen molar-refractivity contribution in [2.45, 2.75) is 33.4 Å². The molecule has 1 heterocycles. The van der Waals surface area contributed by atoms with Crippen molar-refractivity contribution in [3.05, 3.63) is 65.2 Å². The number of hydrogen-bond acceptors (Lipinski definition) is 4. The highest BCUT2D eigenvalue weighted by molar-refractivity contribution is 5.93. The molecule has 1 atom stereocenters. The average molecular weight is 409 g/mol. The molecule has 6 nitrogen and oxygen atoms in total. The summed E-state index contributed by atoms with van der Waals surface area (Å²) in [5.74, 6) is 0.0470. The predicted molar refractivity (Wildman–Crippen MR) is 120 cm³/mol. The lowest BCUT2D eigenvalue weighted by Crippen LogP contribution is -2.54. The molecular formula is C24H32N4O2. The summed E-state index contributed by atoms with van der Waals surface area (Å²) in [5, 5.41) is 6.04. The molecule has 3 rings (SSSR count). The second kappa shape index (κ2) is 10.4. The molecule has 0 saturated carbocycles. The van der Waals surface area contributed by atoms with Crippen LogP contribution in [0.3, 0.4) is 0 Å². The average Bonchev–Trinajstić information content (AvgIpc) is 2.76. The van der Waals surface area contributed by atoms with Crippen LogP contribution < -0.4 is 10.6 Å². The molecule has 2 amide bonds. The first-order valence-electron chi connectivity index (χ1n) is 10.6. The molecule has 6 heteroatoms. The minimum atomic E-state index is -0.181. The zero-order chi connectivity index (χ0) is 21.5. The lowest BCUT2D eigenvalue weighted by molar-refractivity contribution is -0.127. The molecule has 1 aliphatic rings. The number of benzene rings is 2. The molecule has 2 aromatic carbocycles. The van der Waals surface area contributed by atoms with Crippen molar-refractivity contribution < 1.29 is 9.59 Å². The first-order valence-corrected chi connectivity index (χ1v) is 10.6. The van der Waals surface area contributed by atoms with Crippen LogP contribution in [0, 0.1) is 13.8 Å². The third kappa shape index (κ3) is 5.90. The SMILES string of the molecule is Cc1cccc(NC(=O)CN2CCN([C@@H](C)C(=O)NCc3ccccc3)CC2)c1C. The van der Waals surface area contributed by atoms with Crippen molar-refractivity contribution in [1.82, 2.24) is 15.1 Å². The van der Waals surface area contributed by atoms with Crippen LogP contribution in [0.4, 0.5) is 5.69 Å². The fourth-order valence-corrected chi connectivity index (χ4v) is 3.69. The number of nitrogens with one attached hydrogen (secondary N) is 2. The van der Waals surface area contributed by atoms with Gasteiger partial charge in [0.05, 0.1) is 12.6 Å². The van der Waals surface area contributed by atoms with Gasteiger partial charge < -0.3 is 10.6 Å². The lowest BCUT2D eigenvalue weighted by Gasteiger charge is -2.37. The monoisotopic (exact) mass is 408 g/mol. The van der Waals surface area contributed by atoms with Gasteiger partial charge in [-0.2, -0.15) is 0 Å². The van der Waals surface area contributed by atoms with Crippen LogP contribution in [0.2, 0.25) is 0 Å². The Hall–Kier alpha value is -2.70. The maximum absolute atomic E-state index is 12.5. The molecule has 2 aromatic rings. The molecule has 2 N–H and O–H groups in total. The van der Waals surface area contributed by atoms with Crippen molar-refractivity contribution in [3.8, 4) is 0 Å². The van der Waals surface area contributed by atoms with Crippen LogP contribution in [0.1, 0.15) is 23.6 Å². The Morgan fingerprint density at radius 3 is 2.37 bits per heavy atom. The Morgan fingerprint density at radius 1 is 0.967 bits per heavy atom. The zero-order valence-corrected chi connectivity index (χ0v) is 18.1. The summed E-state index contributed by atoms with van der Waals surface area (Å²) < 4.78 is 0. The van der Waals surface area contributed by atoms with Crippen molar-refractivity contribution in [2.75, 3.05) is 38.0 Å². The summed E-state index contributed by atoms with van der Waals surface area (Å²) in [5.41, 5.74) is 4.24. The maximum atomic E-state index is 12.5. The smallest absolute Gasteiger partial charge is 0.238 e. The highest BCUT2D eigenvalue weighted by Crippen LogP contribution is 2.18. The number of aryl methyl sites for hydroxylation is 1. The van der Waals surface area contributed by atoms with Crippen molar-refractivity contribution in [2.24, 2.45) is 0 Å². The highest BCUT2D eigenvalue weighted by atomic mass is 16.2. The van der Waals surface area contributed by atoms with E-state index in [1.165, 1.54) is 5.56 Å². The number of piperazine rings is 1.